The average molecular weight is 189 g/mol. The molecule has 0 nitrogen and oxygen atoms in total. The van der Waals surface area contributed by atoms with Crippen LogP contribution in [-0.2, 0) is 0 Å². The van der Waals surface area contributed by atoms with Crippen molar-refractivity contribution in [1.29, 1.82) is 0 Å². The number of hydrogen-bond acceptors (Lipinski definition) is 0. The molecule has 0 atom stereocenters. The van der Waals surface area contributed by atoms with Crippen molar-refractivity contribution < 1.29 is 0 Å². The molecular weight excluding hydrogens is 168 g/mol. The predicted octanol–water partition coefficient (Wildman–Crippen LogP) is 4.30. The maximum atomic E-state index is 3.38. The van der Waals surface area contributed by atoms with Crippen molar-refractivity contribution in [3.63, 3.8) is 0 Å². The molecule has 0 spiro atoms. The third kappa shape index (κ3) is 2.56. The normalized spacial score (nSPS) is 17.3. The fourth-order valence-corrected chi connectivity index (χ4v) is 1.36. The van der Waals surface area contributed by atoms with Gasteiger partial charge in [-0.1, -0.05) is 20.8 Å². The molecule has 76 valence electrons. The fourth-order valence-electron chi connectivity index (χ4n) is 1.36. The number of allylic oxidation sites excluding steroid dienone is 6. The van der Waals surface area contributed by atoms with Gasteiger partial charge in [0.2, 0.25) is 0 Å². The highest BCUT2D eigenvalue weighted by Crippen LogP contribution is 2.33. The minimum absolute atomic E-state index is 0.205. The first kappa shape index (κ1) is 11.2. The van der Waals surface area contributed by atoms with Gasteiger partial charge >= 0.3 is 0 Å². The second-order valence-electron chi connectivity index (χ2n) is 5.99. The van der Waals surface area contributed by atoms with Crippen LogP contribution in [0.15, 0.2) is 29.4 Å². The first-order chi connectivity index (χ1) is 6.21. The molecule has 0 heteroatoms. The monoisotopic (exact) mass is 189 g/mol. The van der Waals surface area contributed by atoms with Crippen molar-refractivity contribution in [2.75, 3.05) is 0 Å². The standard InChI is InChI=1S/C14H21/c1-13(2,3)11-7-9-12(10-8-11)14(4,5)6/h7-9H,1-6H3/q+1. The number of hydrogen-bond donors (Lipinski definition) is 0. The topological polar surface area (TPSA) is 0 Å². The third-order valence-corrected chi connectivity index (χ3v) is 2.49. The van der Waals surface area contributed by atoms with Gasteiger partial charge in [-0.05, 0) is 20.8 Å². The van der Waals surface area contributed by atoms with E-state index in [2.05, 4.69) is 65.8 Å². The first-order valence-electron chi connectivity index (χ1n) is 5.24. The van der Waals surface area contributed by atoms with Crippen LogP contribution in [0.1, 0.15) is 41.5 Å². The summed E-state index contributed by atoms with van der Waals surface area (Å²) in [5, 5.41) is 0. The second-order valence-corrected chi connectivity index (χ2v) is 5.99. The summed E-state index contributed by atoms with van der Waals surface area (Å²) in [6, 6.07) is 0. The Morgan fingerprint density at radius 3 is 1.71 bits per heavy atom. The molecule has 0 aromatic rings. The second kappa shape index (κ2) is 3.37. The fraction of sp³-hybridized carbons (Fsp3) is 0.571. The van der Waals surface area contributed by atoms with Crippen molar-refractivity contribution >= 4 is 0 Å². The Morgan fingerprint density at radius 1 is 0.857 bits per heavy atom. The zero-order valence-corrected chi connectivity index (χ0v) is 10.2. The molecule has 0 aromatic heterocycles. The summed E-state index contributed by atoms with van der Waals surface area (Å²) in [7, 11) is 0. The molecule has 0 bridgehead atoms. The molecule has 0 radical (unpaired) electrons. The van der Waals surface area contributed by atoms with E-state index in [1.54, 1.807) is 0 Å². The van der Waals surface area contributed by atoms with Gasteiger partial charge < -0.3 is 0 Å². The van der Waals surface area contributed by atoms with Crippen molar-refractivity contribution in [3.8, 4) is 0 Å². The summed E-state index contributed by atoms with van der Waals surface area (Å²) in [6.07, 6.45) is 9.92. The lowest BCUT2D eigenvalue weighted by atomic mass is 9.79. The minimum Gasteiger partial charge on any atom is -0.0531 e. The van der Waals surface area contributed by atoms with E-state index < -0.39 is 0 Å². The molecule has 0 fully saturated rings. The van der Waals surface area contributed by atoms with E-state index in [9.17, 15) is 0 Å². The zero-order chi connectivity index (χ0) is 11.0. The van der Waals surface area contributed by atoms with Crippen molar-refractivity contribution in [2.45, 2.75) is 41.5 Å². The van der Waals surface area contributed by atoms with E-state index in [0.717, 1.165) is 0 Å². The van der Waals surface area contributed by atoms with E-state index >= 15 is 0 Å². The lowest BCUT2D eigenvalue weighted by Crippen LogP contribution is -2.12. The van der Waals surface area contributed by atoms with Gasteiger partial charge in [-0.2, -0.15) is 0 Å². The van der Waals surface area contributed by atoms with E-state index in [1.165, 1.54) is 11.1 Å². The van der Waals surface area contributed by atoms with Gasteiger partial charge in [0.25, 0.3) is 0 Å². The third-order valence-electron chi connectivity index (χ3n) is 2.49. The summed E-state index contributed by atoms with van der Waals surface area (Å²) in [5.74, 6) is 0. The SMILES string of the molecule is CC(C)(C)C1=[C+]C=C(C(C)(C)C)C=C1. The van der Waals surface area contributed by atoms with Crippen LogP contribution in [0.25, 0.3) is 0 Å². The van der Waals surface area contributed by atoms with Crippen LogP contribution < -0.4 is 0 Å². The van der Waals surface area contributed by atoms with Crippen molar-refractivity contribution in [2.24, 2.45) is 10.8 Å². The Balaban J connectivity index is 2.94. The lowest BCUT2D eigenvalue weighted by molar-refractivity contribution is 0.502. The Morgan fingerprint density at radius 2 is 1.43 bits per heavy atom. The largest absolute Gasteiger partial charge is 0.121 e. The van der Waals surface area contributed by atoms with Crippen LogP contribution in [0.2, 0.25) is 0 Å². The van der Waals surface area contributed by atoms with E-state index in [0.29, 0.717) is 0 Å². The molecule has 1 rings (SSSR count). The van der Waals surface area contributed by atoms with Crippen LogP contribution in [0.4, 0.5) is 0 Å². The molecule has 0 heterocycles. The quantitative estimate of drug-likeness (QED) is 0.498. The molecule has 1 aliphatic carbocycles. The van der Waals surface area contributed by atoms with E-state index in [1.807, 2.05) is 0 Å². The van der Waals surface area contributed by atoms with Gasteiger partial charge in [0.15, 0.2) is 0 Å². The molecule has 14 heavy (non-hydrogen) atoms. The highest BCUT2D eigenvalue weighted by molar-refractivity contribution is 5.40. The Bertz CT molecular complexity index is 266. The smallest absolute Gasteiger partial charge is 0.0531 e. The molecule has 0 N–H and O–H groups in total. The van der Waals surface area contributed by atoms with Gasteiger partial charge in [-0.3, -0.25) is 0 Å². The zero-order valence-electron chi connectivity index (χ0n) is 10.2. The Kier molecular flexibility index (Phi) is 2.69. The predicted molar refractivity (Wildman–Crippen MR) is 62.9 cm³/mol. The van der Waals surface area contributed by atoms with Gasteiger partial charge in [0.1, 0.15) is 11.6 Å². The number of rotatable bonds is 0. The highest BCUT2D eigenvalue weighted by Gasteiger charge is 2.27. The summed E-state index contributed by atoms with van der Waals surface area (Å²) >= 11 is 0. The van der Waals surface area contributed by atoms with Crippen molar-refractivity contribution in [3.05, 3.63) is 35.5 Å². The summed E-state index contributed by atoms with van der Waals surface area (Å²) in [6.45, 7) is 13.3. The van der Waals surface area contributed by atoms with Crippen LogP contribution in [0.5, 0.6) is 0 Å². The Hall–Kier alpha value is -0.870. The van der Waals surface area contributed by atoms with Crippen LogP contribution in [0, 0.1) is 16.9 Å². The van der Waals surface area contributed by atoms with E-state index in [4.69, 9.17) is 0 Å². The molecule has 0 saturated carbocycles. The van der Waals surface area contributed by atoms with E-state index in [-0.39, 0.29) is 10.8 Å². The molecule has 0 unspecified atom stereocenters. The molecule has 1 aliphatic rings. The summed E-state index contributed by atoms with van der Waals surface area (Å²) in [4.78, 5) is 0. The Labute approximate surface area is 88.4 Å². The highest BCUT2D eigenvalue weighted by atomic mass is 14.2. The first-order valence-corrected chi connectivity index (χ1v) is 5.24. The van der Waals surface area contributed by atoms with Crippen LogP contribution >= 0.6 is 0 Å². The molecule has 0 aromatic carbocycles. The maximum Gasteiger partial charge on any atom is 0.121 e. The van der Waals surface area contributed by atoms with Gasteiger partial charge in [0.05, 0.1) is 17.7 Å². The maximum absolute atomic E-state index is 3.38. The molecule has 0 aliphatic heterocycles. The molecule has 0 amide bonds. The van der Waals surface area contributed by atoms with Gasteiger partial charge in [-0.15, -0.1) is 0 Å². The molecule has 0 saturated heterocycles. The van der Waals surface area contributed by atoms with Crippen LogP contribution in [0.3, 0.4) is 0 Å². The van der Waals surface area contributed by atoms with Gasteiger partial charge in [-0.25, -0.2) is 0 Å². The lowest BCUT2D eigenvalue weighted by Gasteiger charge is -2.19. The molecular formula is C14H21+. The average Bonchev–Trinajstić information content (AvgIpc) is 2.01. The summed E-state index contributed by atoms with van der Waals surface area (Å²) in [5.41, 5.74) is 3.07. The summed E-state index contributed by atoms with van der Waals surface area (Å²) < 4.78 is 0. The van der Waals surface area contributed by atoms with Crippen LogP contribution in [-0.4, -0.2) is 0 Å². The van der Waals surface area contributed by atoms with Gasteiger partial charge in [0, 0.05) is 16.9 Å². The van der Waals surface area contributed by atoms with Crippen molar-refractivity contribution in [1.82, 2.24) is 0 Å². The minimum atomic E-state index is 0.205.